The van der Waals surface area contributed by atoms with Gasteiger partial charge < -0.3 is 10.1 Å². The number of hydrogen-bond acceptors (Lipinski definition) is 2. The van der Waals surface area contributed by atoms with E-state index in [0.29, 0.717) is 6.04 Å². The minimum atomic E-state index is 0.529. The number of benzene rings is 2. The van der Waals surface area contributed by atoms with Gasteiger partial charge in [-0.2, -0.15) is 0 Å². The average Bonchev–Trinajstić information content (AvgIpc) is 2.36. The van der Waals surface area contributed by atoms with Crippen molar-refractivity contribution < 1.29 is 4.74 Å². The minimum absolute atomic E-state index is 0.529. The molecule has 2 nitrogen and oxygen atoms in total. The first-order valence-corrected chi connectivity index (χ1v) is 6.09. The molecule has 1 aliphatic rings. The van der Waals surface area contributed by atoms with Crippen LogP contribution >= 0.6 is 0 Å². The summed E-state index contributed by atoms with van der Waals surface area (Å²) in [5.74, 6) is 1.66. The molecule has 2 aromatic rings. The first kappa shape index (κ1) is 10.6. The van der Waals surface area contributed by atoms with Crippen molar-refractivity contribution in [2.45, 2.75) is 13.0 Å². The van der Waals surface area contributed by atoms with Crippen LogP contribution in [0.2, 0.25) is 0 Å². The Labute approximate surface area is 102 Å². The standard InChI is InChI=1S/C15H17NO/c1-10-9-16-15(10)13-4-3-12-8-14(17-2)6-5-11(12)7-13/h3-8,10,15-16H,9H2,1-2H3. The maximum Gasteiger partial charge on any atom is 0.119 e. The number of nitrogens with one attached hydrogen (secondary N) is 1. The highest BCUT2D eigenvalue weighted by Gasteiger charge is 2.27. The van der Waals surface area contributed by atoms with Gasteiger partial charge in [-0.1, -0.05) is 25.1 Å². The lowest BCUT2D eigenvalue weighted by molar-refractivity contribution is 0.258. The van der Waals surface area contributed by atoms with E-state index in [1.54, 1.807) is 7.11 Å². The summed E-state index contributed by atoms with van der Waals surface area (Å²) < 4.78 is 5.24. The third-order valence-corrected chi connectivity index (χ3v) is 3.66. The van der Waals surface area contributed by atoms with Gasteiger partial charge in [-0.25, -0.2) is 0 Å². The fourth-order valence-corrected chi connectivity index (χ4v) is 2.48. The van der Waals surface area contributed by atoms with E-state index in [2.05, 4.69) is 42.6 Å². The second-order valence-electron chi connectivity index (χ2n) is 4.84. The quantitative estimate of drug-likeness (QED) is 0.851. The number of rotatable bonds is 2. The van der Waals surface area contributed by atoms with Crippen LogP contribution in [-0.4, -0.2) is 13.7 Å². The van der Waals surface area contributed by atoms with Crippen LogP contribution in [0.3, 0.4) is 0 Å². The molecule has 1 heterocycles. The summed E-state index contributed by atoms with van der Waals surface area (Å²) in [5.41, 5.74) is 1.39. The summed E-state index contributed by atoms with van der Waals surface area (Å²) in [4.78, 5) is 0. The van der Waals surface area contributed by atoms with Crippen molar-refractivity contribution in [2.24, 2.45) is 5.92 Å². The smallest absolute Gasteiger partial charge is 0.119 e. The predicted molar refractivity (Wildman–Crippen MR) is 70.4 cm³/mol. The average molecular weight is 227 g/mol. The molecule has 0 radical (unpaired) electrons. The Balaban J connectivity index is 2.01. The second-order valence-corrected chi connectivity index (χ2v) is 4.84. The SMILES string of the molecule is COc1ccc2cc(C3NCC3C)ccc2c1. The van der Waals surface area contributed by atoms with Crippen LogP contribution in [0.5, 0.6) is 5.75 Å². The fraction of sp³-hybridized carbons (Fsp3) is 0.333. The van der Waals surface area contributed by atoms with Crippen LogP contribution in [0.25, 0.3) is 10.8 Å². The maximum absolute atomic E-state index is 5.24. The minimum Gasteiger partial charge on any atom is -0.497 e. The highest BCUT2D eigenvalue weighted by atomic mass is 16.5. The summed E-state index contributed by atoms with van der Waals surface area (Å²) >= 11 is 0. The van der Waals surface area contributed by atoms with Crippen LogP contribution in [-0.2, 0) is 0 Å². The van der Waals surface area contributed by atoms with Gasteiger partial charge in [-0.15, -0.1) is 0 Å². The lowest BCUT2D eigenvalue weighted by atomic mass is 9.87. The molecule has 17 heavy (non-hydrogen) atoms. The van der Waals surface area contributed by atoms with Gasteiger partial charge in [0.15, 0.2) is 0 Å². The normalized spacial score (nSPS) is 23.4. The Morgan fingerprint density at radius 3 is 2.53 bits per heavy atom. The Hall–Kier alpha value is -1.54. The zero-order valence-electron chi connectivity index (χ0n) is 10.2. The first-order chi connectivity index (χ1) is 8.28. The van der Waals surface area contributed by atoms with Crippen molar-refractivity contribution in [1.29, 1.82) is 0 Å². The van der Waals surface area contributed by atoms with Crippen molar-refractivity contribution in [3.63, 3.8) is 0 Å². The third kappa shape index (κ3) is 1.79. The van der Waals surface area contributed by atoms with Crippen LogP contribution in [0.4, 0.5) is 0 Å². The van der Waals surface area contributed by atoms with Crippen molar-refractivity contribution in [2.75, 3.05) is 13.7 Å². The summed E-state index contributed by atoms with van der Waals surface area (Å²) in [6, 6.07) is 13.4. The largest absolute Gasteiger partial charge is 0.497 e. The summed E-state index contributed by atoms with van der Waals surface area (Å²) in [5, 5.41) is 5.99. The van der Waals surface area contributed by atoms with E-state index in [4.69, 9.17) is 4.74 Å². The van der Waals surface area contributed by atoms with Crippen molar-refractivity contribution in [3.05, 3.63) is 42.0 Å². The molecule has 1 aliphatic heterocycles. The number of methoxy groups -OCH3 is 1. The molecular formula is C15H17NO. The first-order valence-electron chi connectivity index (χ1n) is 6.09. The number of hydrogen-bond donors (Lipinski definition) is 1. The number of fused-ring (bicyclic) bond motifs is 1. The summed E-state index contributed by atoms with van der Waals surface area (Å²) in [7, 11) is 1.70. The van der Waals surface area contributed by atoms with E-state index in [0.717, 1.165) is 18.2 Å². The Morgan fingerprint density at radius 1 is 1.12 bits per heavy atom. The van der Waals surface area contributed by atoms with Gasteiger partial charge in [0.05, 0.1) is 7.11 Å². The molecule has 1 fully saturated rings. The Bertz CT molecular complexity index is 550. The number of ether oxygens (including phenoxy) is 1. The molecule has 0 amide bonds. The lowest BCUT2D eigenvalue weighted by Crippen LogP contribution is -2.43. The third-order valence-electron chi connectivity index (χ3n) is 3.66. The molecule has 0 spiro atoms. The Kier molecular flexibility index (Phi) is 2.52. The topological polar surface area (TPSA) is 21.3 Å². The van der Waals surface area contributed by atoms with Gasteiger partial charge in [-0.05, 0) is 40.5 Å². The zero-order valence-corrected chi connectivity index (χ0v) is 10.2. The molecule has 1 N–H and O–H groups in total. The highest BCUT2D eigenvalue weighted by molar-refractivity contribution is 5.84. The molecule has 88 valence electrons. The zero-order chi connectivity index (χ0) is 11.8. The fourth-order valence-electron chi connectivity index (χ4n) is 2.48. The van der Waals surface area contributed by atoms with Crippen molar-refractivity contribution >= 4 is 10.8 Å². The van der Waals surface area contributed by atoms with E-state index in [9.17, 15) is 0 Å². The van der Waals surface area contributed by atoms with Gasteiger partial charge in [0.25, 0.3) is 0 Å². The molecule has 2 heteroatoms. The predicted octanol–water partition coefficient (Wildman–Crippen LogP) is 3.13. The highest BCUT2D eigenvalue weighted by Crippen LogP contribution is 2.31. The molecule has 3 rings (SSSR count). The van der Waals surface area contributed by atoms with E-state index < -0.39 is 0 Å². The van der Waals surface area contributed by atoms with Crippen LogP contribution < -0.4 is 10.1 Å². The monoisotopic (exact) mass is 227 g/mol. The lowest BCUT2D eigenvalue weighted by Gasteiger charge is -2.36. The molecule has 0 aromatic heterocycles. The van der Waals surface area contributed by atoms with Crippen LogP contribution in [0.15, 0.2) is 36.4 Å². The molecular weight excluding hydrogens is 210 g/mol. The van der Waals surface area contributed by atoms with Crippen LogP contribution in [0, 0.1) is 5.92 Å². The van der Waals surface area contributed by atoms with Gasteiger partial charge in [0, 0.05) is 12.6 Å². The van der Waals surface area contributed by atoms with E-state index in [1.807, 2.05) is 6.07 Å². The Morgan fingerprint density at radius 2 is 1.88 bits per heavy atom. The molecule has 0 bridgehead atoms. The molecule has 2 aromatic carbocycles. The van der Waals surface area contributed by atoms with E-state index in [1.165, 1.54) is 16.3 Å². The maximum atomic E-state index is 5.24. The van der Waals surface area contributed by atoms with Crippen LogP contribution in [0.1, 0.15) is 18.5 Å². The molecule has 0 aliphatic carbocycles. The summed E-state index contributed by atoms with van der Waals surface area (Å²) in [6.45, 7) is 3.42. The molecule has 2 atom stereocenters. The van der Waals surface area contributed by atoms with Gasteiger partial charge >= 0.3 is 0 Å². The molecule has 0 saturated carbocycles. The van der Waals surface area contributed by atoms with Gasteiger partial charge in [0.1, 0.15) is 5.75 Å². The second kappa shape index (κ2) is 4.04. The van der Waals surface area contributed by atoms with E-state index in [-0.39, 0.29) is 0 Å². The van der Waals surface area contributed by atoms with Crippen molar-refractivity contribution in [3.8, 4) is 5.75 Å². The van der Waals surface area contributed by atoms with E-state index >= 15 is 0 Å². The summed E-state index contributed by atoms with van der Waals surface area (Å²) in [6.07, 6.45) is 0. The molecule has 2 unspecified atom stereocenters. The molecule has 1 saturated heterocycles. The van der Waals surface area contributed by atoms with Gasteiger partial charge in [0.2, 0.25) is 0 Å². The van der Waals surface area contributed by atoms with Crippen molar-refractivity contribution in [1.82, 2.24) is 5.32 Å². The van der Waals surface area contributed by atoms with Gasteiger partial charge in [-0.3, -0.25) is 0 Å².